The van der Waals surface area contributed by atoms with Crippen LogP contribution in [0.25, 0.3) is 0 Å². The number of para-hydroxylation sites is 1. The summed E-state index contributed by atoms with van der Waals surface area (Å²) < 4.78 is 32.7. The van der Waals surface area contributed by atoms with E-state index in [1.165, 1.54) is 16.4 Å². The van der Waals surface area contributed by atoms with Gasteiger partial charge in [0, 0.05) is 13.1 Å². The predicted octanol–water partition coefficient (Wildman–Crippen LogP) is 1.51. The second kappa shape index (κ2) is 6.31. The summed E-state index contributed by atoms with van der Waals surface area (Å²) in [6.45, 7) is 1.10. The van der Waals surface area contributed by atoms with Crippen LogP contribution in [0.4, 0.5) is 5.69 Å². The van der Waals surface area contributed by atoms with Gasteiger partial charge in [-0.05, 0) is 24.3 Å². The van der Waals surface area contributed by atoms with E-state index in [2.05, 4.69) is 0 Å². The van der Waals surface area contributed by atoms with Crippen LogP contribution in [0.3, 0.4) is 0 Å². The van der Waals surface area contributed by atoms with Gasteiger partial charge in [-0.1, -0.05) is 24.3 Å². The lowest BCUT2D eigenvalue weighted by atomic mass is 10.1. The number of imide groups is 1. The Balaban J connectivity index is 1.81. The quantitative estimate of drug-likeness (QED) is 0.763. The van der Waals surface area contributed by atoms with Gasteiger partial charge in [0.1, 0.15) is 4.90 Å². The van der Waals surface area contributed by atoms with Crippen LogP contribution in [-0.4, -0.2) is 50.8 Å². The number of ether oxygens (including phenoxy) is 1. The van der Waals surface area contributed by atoms with Crippen LogP contribution in [-0.2, 0) is 14.8 Å². The van der Waals surface area contributed by atoms with Gasteiger partial charge in [-0.15, -0.1) is 0 Å². The molecule has 0 aliphatic carbocycles. The zero-order valence-corrected chi connectivity index (χ0v) is 14.6. The van der Waals surface area contributed by atoms with Gasteiger partial charge in [0.25, 0.3) is 11.8 Å². The Kier molecular flexibility index (Phi) is 4.10. The molecule has 2 heterocycles. The van der Waals surface area contributed by atoms with Crippen molar-refractivity contribution in [3.05, 3.63) is 59.7 Å². The molecule has 1 saturated heterocycles. The number of hydrogen-bond acceptors (Lipinski definition) is 5. The monoisotopic (exact) mass is 372 g/mol. The summed E-state index contributed by atoms with van der Waals surface area (Å²) in [5, 5.41) is 0. The Bertz CT molecular complexity index is 961. The van der Waals surface area contributed by atoms with Gasteiger partial charge < -0.3 is 4.74 Å². The maximum Gasteiger partial charge on any atom is 0.266 e. The Morgan fingerprint density at radius 3 is 1.96 bits per heavy atom. The highest BCUT2D eigenvalue weighted by Gasteiger charge is 2.40. The SMILES string of the molecule is O=C1c2ccccc2C(=O)N1c1ccccc1S(=O)(=O)N1CCOCC1. The molecule has 0 N–H and O–H groups in total. The van der Waals surface area contributed by atoms with Crippen molar-refractivity contribution in [3.63, 3.8) is 0 Å². The number of benzene rings is 2. The molecule has 2 aliphatic rings. The van der Waals surface area contributed by atoms with Crippen LogP contribution in [0.15, 0.2) is 53.4 Å². The Hall–Kier alpha value is -2.55. The molecule has 8 heteroatoms. The molecule has 2 aromatic carbocycles. The lowest BCUT2D eigenvalue weighted by Gasteiger charge is -2.28. The average Bonchev–Trinajstić information content (AvgIpc) is 2.93. The molecule has 26 heavy (non-hydrogen) atoms. The number of anilines is 1. The van der Waals surface area contributed by atoms with Gasteiger partial charge in [0.15, 0.2) is 0 Å². The molecule has 0 saturated carbocycles. The molecular formula is C18H16N2O5S. The van der Waals surface area contributed by atoms with E-state index in [1.807, 2.05) is 0 Å². The zero-order chi connectivity index (χ0) is 18.3. The fourth-order valence-electron chi connectivity index (χ4n) is 3.19. The van der Waals surface area contributed by atoms with Crippen molar-refractivity contribution in [2.24, 2.45) is 0 Å². The standard InChI is InChI=1S/C18H16N2O5S/c21-17-13-5-1-2-6-14(13)18(22)20(17)15-7-3-4-8-16(15)26(23,24)19-9-11-25-12-10-19/h1-8H,9-12H2. The van der Waals surface area contributed by atoms with E-state index in [1.54, 1.807) is 36.4 Å². The minimum Gasteiger partial charge on any atom is -0.379 e. The molecule has 1 fully saturated rings. The van der Waals surface area contributed by atoms with Crippen LogP contribution in [0.2, 0.25) is 0 Å². The Labute approximate surface area is 150 Å². The number of carbonyl (C=O) groups excluding carboxylic acids is 2. The molecule has 7 nitrogen and oxygen atoms in total. The molecule has 2 aromatic rings. The highest BCUT2D eigenvalue weighted by molar-refractivity contribution is 7.89. The van der Waals surface area contributed by atoms with Gasteiger partial charge in [0.05, 0.1) is 30.0 Å². The largest absolute Gasteiger partial charge is 0.379 e. The molecule has 0 bridgehead atoms. The molecule has 0 aromatic heterocycles. The zero-order valence-electron chi connectivity index (χ0n) is 13.8. The molecule has 4 rings (SSSR count). The van der Waals surface area contributed by atoms with Crippen LogP contribution in [0.5, 0.6) is 0 Å². The number of fused-ring (bicyclic) bond motifs is 1. The van der Waals surface area contributed by atoms with E-state index in [0.717, 1.165) is 4.90 Å². The topological polar surface area (TPSA) is 84.0 Å². The first-order valence-corrected chi connectivity index (χ1v) is 9.60. The summed E-state index contributed by atoms with van der Waals surface area (Å²) in [4.78, 5) is 26.4. The van der Waals surface area contributed by atoms with Crippen LogP contribution >= 0.6 is 0 Å². The second-order valence-electron chi connectivity index (χ2n) is 5.98. The van der Waals surface area contributed by atoms with Crippen molar-refractivity contribution >= 4 is 27.5 Å². The lowest BCUT2D eigenvalue weighted by molar-refractivity contribution is 0.0730. The molecule has 0 spiro atoms. The highest BCUT2D eigenvalue weighted by Crippen LogP contribution is 2.34. The van der Waals surface area contributed by atoms with Crippen molar-refractivity contribution < 1.29 is 22.7 Å². The van der Waals surface area contributed by atoms with E-state index >= 15 is 0 Å². The van der Waals surface area contributed by atoms with Crippen molar-refractivity contribution in [2.75, 3.05) is 31.2 Å². The number of sulfonamides is 1. The summed E-state index contributed by atoms with van der Waals surface area (Å²) >= 11 is 0. The normalized spacial score (nSPS) is 18.2. The fourth-order valence-corrected chi connectivity index (χ4v) is 4.78. The Morgan fingerprint density at radius 2 is 1.35 bits per heavy atom. The maximum absolute atomic E-state index is 13.1. The number of morpholine rings is 1. The smallest absolute Gasteiger partial charge is 0.266 e. The van der Waals surface area contributed by atoms with Crippen molar-refractivity contribution in [1.82, 2.24) is 4.31 Å². The number of hydrogen-bond donors (Lipinski definition) is 0. The average molecular weight is 372 g/mol. The van der Waals surface area contributed by atoms with Gasteiger partial charge >= 0.3 is 0 Å². The number of amides is 2. The van der Waals surface area contributed by atoms with E-state index in [9.17, 15) is 18.0 Å². The van der Waals surface area contributed by atoms with Gasteiger partial charge in [-0.2, -0.15) is 4.31 Å². The molecule has 0 atom stereocenters. The molecule has 2 aliphatic heterocycles. The highest BCUT2D eigenvalue weighted by atomic mass is 32.2. The third-order valence-corrected chi connectivity index (χ3v) is 6.43. The number of rotatable bonds is 3. The van der Waals surface area contributed by atoms with Crippen LogP contribution in [0, 0.1) is 0 Å². The van der Waals surface area contributed by atoms with Crippen LogP contribution < -0.4 is 4.90 Å². The lowest BCUT2D eigenvalue weighted by Crippen LogP contribution is -2.41. The third kappa shape index (κ3) is 2.54. The number of nitrogens with zero attached hydrogens (tertiary/aromatic N) is 2. The number of carbonyl (C=O) groups is 2. The first-order chi connectivity index (χ1) is 12.5. The molecule has 2 amide bonds. The fraction of sp³-hybridized carbons (Fsp3) is 0.222. The summed E-state index contributed by atoms with van der Waals surface area (Å²) in [5.41, 5.74) is 0.623. The van der Waals surface area contributed by atoms with E-state index in [-0.39, 0.29) is 34.8 Å². The maximum atomic E-state index is 13.1. The van der Waals surface area contributed by atoms with Crippen molar-refractivity contribution in [2.45, 2.75) is 4.90 Å². The van der Waals surface area contributed by atoms with E-state index in [4.69, 9.17) is 4.74 Å². The van der Waals surface area contributed by atoms with Gasteiger partial charge in [-0.25, -0.2) is 13.3 Å². The summed E-state index contributed by atoms with van der Waals surface area (Å²) in [6, 6.07) is 12.6. The van der Waals surface area contributed by atoms with Crippen molar-refractivity contribution in [3.8, 4) is 0 Å². The molecule has 0 unspecified atom stereocenters. The van der Waals surface area contributed by atoms with Crippen LogP contribution in [0.1, 0.15) is 20.7 Å². The second-order valence-corrected chi connectivity index (χ2v) is 7.88. The van der Waals surface area contributed by atoms with Gasteiger partial charge in [-0.3, -0.25) is 9.59 Å². The third-order valence-electron chi connectivity index (χ3n) is 4.49. The Morgan fingerprint density at radius 1 is 0.808 bits per heavy atom. The van der Waals surface area contributed by atoms with Crippen molar-refractivity contribution in [1.29, 1.82) is 0 Å². The minimum absolute atomic E-state index is 0.0589. The summed E-state index contributed by atoms with van der Waals surface area (Å²) in [7, 11) is -3.86. The van der Waals surface area contributed by atoms with Gasteiger partial charge in [0.2, 0.25) is 10.0 Å². The molecular weight excluding hydrogens is 356 g/mol. The summed E-state index contributed by atoms with van der Waals surface area (Å²) in [5.74, 6) is -1.04. The minimum atomic E-state index is -3.86. The first kappa shape index (κ1) is 16.9. The van der Waals surface area contributed by atoms with E-state index in [0.29, 0.717) is 13.2 Å². The molecule has 0 radical (unpaired) electrons. The first-order valence-electron chi connectivity index (χ1n) is 8.16. The summed E-state index contributed by atoms with van der Waals surface area (Å²) in [6.07, 6.45) is 0. The predicted molar refractivity (Wildman–Crippen MR) is 93.6 cm³/mol. The van der Waals surface area contributed by atoms with E-state index < -0.39 is 21.8 Å². The molecule has 134 valence electrons.